The average Bonchev–Trinajstić information content (AvgIpc) is 3.08. The molecule has 0 aliphatic carbocycles. The largest absolute Gasteiger partial charge is 0.377 e. The second kappa shape index (κ2) is 8.49. The molecule has 0 spiro atoms. The van der Waals surface area contributed by atoms with Crippen LogP contribution in [0.25, 0.3) is 0 Å². The molecular weight excluding hydrogens is 302 g/mol. The molecule has 3 rings (SSSR count). The van der Waals surface area contributed by atoms with Crippen molar-refractivity contribution in [1.82, 2.24) is 15.1 Å². The summed E-state index contributed by atoms with van der Waals surface area (Å²) in [7, 11) is 0. The summed E-state index contributed by atoms with van der Waals surface area (Å²) in [6.07, 6.45) is 2.39. The van der Waals surface area contributed by atoms with Crippen LogP contribution in [0.1, 0.15) is 31.4 Å². The van der Waals surface area contributed by atoms with Gasteiger partial charge in [0.05, 0.1) is 19.3 Å². The van der Waals surface area contributed by atoms with E-state index in [9.17, 15) is 4.79 Å². The monoisotopic (exact) mass is 331 g/mol. The Morgan fingerprint density at radius 3 is 2.92 bits per heavy atom. The molecule has 2 atom stereocenters. The Hall–Kier alpha value is -1.59. The van der Waals surface area contributed by atoms with Gasteiger partial charge in [-0.2, -0.15) is 0 Å². The first-order chi connectivity index (χ1) is 11.8. The Kier molecular flexibility index (Phi) is 6.10. The molecule has 1 aromatic carbocycles. The highest BCUT2D eigenvalue weighted by Gasteiger charge is 2.29. The van der Waals surface area contributed by atoms with Crippen molar-refractivity contribution < 1.29 is 9.53 Å². The Balaban J connectivity index is 1.53. The number of nitrogens with one attached hydrogen (secondary N) is 1. The summed E-state index contributed by atoms with van der Waals surface area (Å²) in [6, 6.07) is 10.2. The molecule has 2 unspecified atom stereocenters. The Bertz CT molecular complexity index is 523. The molecule has 2 aliphatic heterocycles. The van der Waals surface area contributed by atoms with E-state index in [0.717, 1.165) is 18.7 Å². The van der Waals surface area contributed by atoms with E-state index in [-0.39, 0.29) is 12.1 Å². The number of amides is 2. The summed E-state index contributed by atoms with van der Waals surface area (Å²) in [5.74, 6) is 0.580. The molecule has 2 saturated heterocycles. The normalized spacial score (nSPS) is 25.0. The lowest BCUT2D eigenvalue weighted by Gasteiger charge is -2.36. The quantitative estimate of drug-likeness (QED) is 0.902. The minimum atomic E-state index is 0.0140. The van der Waals surface area contributed by atoms with Crippen molar-refractivity contribution in [2.75, 3.05) is 45.9 Å². The number of carbonyl (C=O) groups is 1. The van der Waals surface area contributed by atoms with Gasteiger partial charge < -0.3 is 19.9 Å². The standard InChI is InChI=1S/C19H29N3O2/c1-2-9-21-10-8-16(14-21)13-20-19(23)22-11-12-24-15-18(22)17-6-4-3-5-7-17/h3-7,16,18H,2,8-15H2,1H3,(H,20,23). The molecular formula is C19H29N3O2. The molecule has 5 heteroatoms. The van der Waals surface area contributed by atoms with Gasteiger partial charge in [-0.1, -0.05) is 37.3 Å². The summed E-state index contributed by atoms with van der Waals surface area (Å²) in [5.41, 5.74) is 1.14. The molecule has 0 aromatic heterocycles. The van der Waals surface area contributed by atoms with Crippen molar-refractivity contribution in [3.8, 4) is 0 Å². The minimum absolute atomic E-state index is 0.0140. The van der Waals surface area contributed by atoms with E-state index in [0.29, 0.717) is 25.7 Å². The smallest absolute Gasteiger partial charge is 0.318 e. The fourth-order valence-electron chi connectivity index (χ4n) is 3.73. The third-order valence-corrected chi connectivity index (χ3v) is 5.03. The maximum atomic E-state index is 12.7. The van der Waals surface area contributed by atoms with Gasteiger partial charge in [0.2, 0.25) is 0 Å². The maximum absolute atomic E-state index is 12.7. The molecule has 1 N–H and O–H groups in total. The number of carbonyl (C=O) groups excluding carboxylic acids is 1. The van der Waals surface area contributed by atoms with Crippen LogP contribution in [-0.2, 0) is 4.74 Å². The Labute approximate surface area is 145 Å². The van der Waals surface area contributed by atoms with Crippen LogP contribution < -0.4 is 5.32 Å². The van der Waals surface area contributed by atoms with E-state index in [2.05, 4.69) is 29.3 Å². The van der Waals surface area contributed by atoms with Crippen molar-refractivity contribution in [2.45, 2.75) is 25.8 Å². The Morgan fingerprint density at radius 1 is 1.29 bits per heavy atom. The molecule has 5 nitrogen and oxygen atoms in total. The van der Waals surface area contributed by atoms with Crippen LogP contribution in [0.15, 0.2) is 30.3 Å². The number of morpholine rings is 1. The SMILES string of the molecule is CCCN1CCC(CNC(=O)N2CCOCC2c2ccccc2)C1. The topological polar surface area (TPSA) is 44.8 Å². The first-order valence-electron chi connectivity index (χ1n) is 9.17. The summed E-state index contributed by atoms with van der Waals surface area (Å²) in [4.78, 5) is 17.1. The van der Waals surface area contributed by atoms with Gasteiger partial charge >= 0.3 is 6.03 Å². The van der Waals surface area contributed by atoms with Crippen LogP contribution in [-0.4, -0.2) is 61.8 Å². The molecule has 2 fully saturated rings. The van der Waals surface area contributed by atoms with Gasteiger partial charge in [0.15, 0.2) is 0 Å². The van der Waals surface area contributed by atoms with Gasteiger partial charge in [0.1, 0.15) is 0 Å². The third kappa shape index (κ3) is 4.28. The number of ether oxygens (including phenoxy) is 1. The molecule has 0 bridgehead atoms. The third-order valence-electron chi connectivity index (χ3n) is 5.03. The van der Waals surface area contributed by atoms with Crippen LogP contribution in [0.5, 0.6) is 0 Å². The van der Waals surface area contributed by atoms with E-state index in [1.54, 1.807) is 0 Å². The predicted molar refractivity (Wildman–Crippen MR) is 94.9 cm³/mol. The second-order valence-electron chi connectivity index (χ2n) is 6.84. The van der Waals surface area contributed by atoms with Crippen molar-refractivity contribution in [3.63, 3.8) is 0 Å². The molecule has 1 aromatic rings. The highest BCUT2D eigenvalue weighted by Crippen LogP contribution is 2.24. The van der Waals surface area contributed by atoms with E-state index in [1.165, 1.54) is 25.9 Å². The van der Waals surface area contributed by atoms with Crippen LogP contribution in [0.3, 0.4) is 0 Å². The first-order valence-corrected chi connectivity index (χ1v) is 9.17. The van der Waals surface area contributed by atoms with Gasteiger partial charge in [-0.25, -0.2) is 4.79 Å². The molecule has 2 amide bonds. The lowest BCUT2D eigenvalue weighted by atomic mass is 10.1. The minimum Gasteiger partial charge on any atom is -0.377 e. The number of nitrogens with zero attached hydrogens (tertiary/aromatic N) is 2. The summed E-state index contributed by atoms with van der Waals surface area (Å²) >= 11 is 0. The van der Waals surface area contributed by atoms with E-state index >= 15 is 0 Å². The lowest BCUT2D eigenvalue weighted by molar-refractivity contribution is 0.0115. The molecule has 2 heterocycles. The van der Waals surface area contributed by atoms with Crippen molar-refractivity contribution in [1.29, 1.82) is 0 Å². The van der Waals surface area contributed by atoms with Crippen LogP contribution in [0, 0.1) is 5.92 Å². The van der Waals surface area contributed by atoms with Gasteiger partial charge in [0.25, 0.3) is 0 Å². The van der Waals surface area contributed by atoms with Gasteiger partial charge in [-0.3, -0.25) is 0 Å². The molecule has 0 saturated carbocycles. The second-order valence-corrected chi connectivity index (χ2v) is 6.84. The van der Waals surface area contributed by atoms with Crippen molar-refractivity contribution in [2.24, 2.45) is 5.92 Å². The predicted octanol–water partition coefficient (Wildman–Crippen LogP) is 2.50. The van der Waals surface area contributed by atoms with E-state index in [1.807, 2.05) is 23.1 Å². The summed E-state index contributed by atoms with van der Waals surface area (Å²) < 4.78 is 5.61. The number of likely N-dealkylation sites (tertiary alicyclic amines) is 1. The highest BCUT2D eigenvalue weighted by molar-refractivity contribution is 5.75. The van der Waals surface area contributed by atoms with Crippen LogP contribution in [0.4, 0.5) is 4.79 Å². The zero-order valence-corrected chi connectivity index (χ0v) is 14.6. The van der Waals surface area contributed by atoms with Gasteiger partial charge in [-0.05, 0) is 37.4 Å². The van der Waals surface area contributed by atoms with Crippen LogP contribution in [0.2, 0.25) is 0 Å². The number of urea groups is 1. The molecule has 2 aliphatic rings. The maximum Gasteiger partial charge on any atom is 0.318 e. The highest BCUT2D eigenvalue weighted by atomic mass is 16.5. The zero-order chi connectivity index (χ0) is 16.8. The van der Waals surface area contributed by atoms with Crippen LogP contribution >= 0.6 is 0 Å². The summed E-state index contributed by atoms with van der Waals surface area (Å²) in [6.45, 7) is 8.28. The number of hydrogen-bond acceptors (Lipinski definition) is 3. The van der Waals surface area contributed by atoms with Crippen molar-refractivity contribution >= 4 is 6.03 Å². The molecule has 0 radical (unpaired) electrons. The van der Waals surface area contributed by atoms with Gasteiger partial charge in [-0.15, -0.1) is 0 Å². The fraction of sp³-hybridized carbons (Fsp3) is 0.632. The zero-order valence-electron chi connectivity index (χ0n) is 14.6. The van der Waals surface area contributed by atoms with Gasteiger partial charge in [0, 0.05) is 19.6 Å². The molecule has 132 valence electrons. The Morgan fingerprint density at radius 2 is 2.12 bits per heavy atom. The van der Waals surface area contributed by atoms with E-state index in [4.69, 9.17) is 4.74 Å². The fourth-order valence-corrected chi connectivity index (χ4v) is 3.73. The van der Waals surface area contributed by atoms with E-state index < -0.39 is 0 Å². The molecule has 24 heavy (non-hydrogen) atoms. The first kappa shape index (κ1) is 17.2. The number of hydrogen-bond donors (Lipinski definition) is 1. The lowest BCUT2D eigenvalue weighted by Crippen LogP contribution is -2.49. The number of rotatable bonds is 5. The average molecular weight is 331 g/mol. The van der Waals surface area contributed by atoms with Crippen molar-refractivity contribution in [3.05, 3.63) is 35.9 Å². The number of benzene rings is 1. The summed E-state index contributed by atoms with van der Waals surface area (Å²) in [5, 5.41) is 3.16.